The molecule has 31 heavy (non-hydrogen) atoms. The van der Waals surface area contributed by atoms with E-state index in [4.69, 9.17) is 6.15 Å². The molecule has 0 aliphatic carbocycles. The first-order chi connectivity index (χ1) is 15.2. The van der Waals surface area contributed by atoms with Gasteiger partial charge in [0.1, 0.15) is 0 Å². The Morgan fingerprint density at radius 2 is 0.742 bits per heavy atom. The molecule has 0 atom stereocenters. The minimum absolute atomic E-state index is 0.0179. The molecule has 0 unspecified atom stereocenters. The van der Waals surface area contributed by atoms with Crippen LogP contribution in [0.15, 0.2) is 121 Å². The fourth-order valence-corrected chi connectivity index (χ4v) is 12.0. The van der Waals surface area contributed by atoms with Gasteiger partial charge in [0.25, 0.3) is 0 Å². The number of hydrogen-bond donors (Lipinski definition) is 0. The van der Waals surface area contributed by atoms with Crippen molar-refractivity contribution >= 4 is 26.4 Å². The summed E-state index contributed by atoms with van der Waals surface area (Å²) in [7, 11) is 0. The van der Waals surface area contributed by atoms with E-state index in [1.807, 2.05) is 84.9 Å². The van der Waals surface area contributed by atoms with Gasteiger partial charge in [0.2, 0.25) is 0 Å². The van der Waals surface area contributed by atoms with E-state index in [9.17, 15) is 9.59 Å². The molecular weight excluding hydrogens is 495 g/mol. The molecule has 4 nitrogen and oxygen atoms in total. The van der Waals surface area contributed by atoms with Gasteiger partial charge in [0, 0.05) is 0 Å². The van der Waals surface area contributed by atoms with Gasteiger partial charge >= 0.3 is 186 Å². The van der Waals surface area contributed by atoms with Gasteiger partial charge in [-0.25, -0.2) is 0 Å². The summed E-state index contributed by atoms with van der Waals surface area (Å²) in [6.07, 6.45) is 0. The molecule has 0 saturated heterocycles. The number of hydrogen-bond acceptors (Lipinski definition) is 2. The average molecular weight is 517 g/mol. The van der Waals surface area contributed by atoms with E-state index < -0.39 is 19.2 Å². The molecule has 4 aromatic rings. The molecule has 0 saturated carbocycles. The van der Waals surface area contributed by atoms with Crippen molar-refractivity contribution in [3.05, 3.63) is 132 Å². The van der Waals surface area contributed by atoms with Crippen molar-refractivity contribution in [2.75, 3.05) is 0 Å². The predicted octanol–water partition coefficient (Wildman–Crippen LogP) is 2.41. The van der Waals surface area contributed by atoms with Gasteiger partial charge in [-0.1, -0.05) is 0 Å². The summed E-state index contributed by atoms with van der Waals surface area (Å²) < 4.78 is 15.2. The zero-order chi connectivity index (χ0) is 21.5. The van der Waals surface area contributed by atoms with Crippen molar-refractivity contribution in [3.63, 3.8) is 0 Å². The van der Waals surface area contributed by atoms with Crippen LogP contribution in [-0.4, -0.2) is 28.8 Å². The van der Waals surface area contributed by atoms with Crippen molar-refractivity contribution < 1.29 is 15.7 Å². The molecule has 0 aromatic heterocycles. The van der Waals surface area contributed by atoms with E-state index in [1.165, 1.54) is 0 Å². The quantitative estimate of drug-likeness (QED) is 0.292. The molecule has 0 amide bonds. The molecule has 0 radical (unpaired) electrons. The molecule has 4 rings (SSSR count). The van der Waals surface area contributed by atoms with Crippen LogP contribution in [0.25, 0.3) is 0 Å². The zero-order valence-electron chi connectivity index (χ0n) is 16.8. The molecule has 0 aliphatic rings. The Bertz CT molecular complexity index is 1180. The van der Waals surface area contributed by atoms with Crippen LogP contribution in [0.4, 0.5) is 0 Å². The summed E-state index contributed by atoms with van der Waals surface area (Å²) in [6.45, 7) is 0. The summed E-state index contributed by atoms with van der Waals surface area (Å²) in [6, 6.07) is 36.9. The Balaban J connectivity index is 2.00. The molecule has 2 N–H and O–H groups in total. The van der Waals surface area contributed by atoms with E-state index in [0.717, 1.165) is 7.16 Å². The summed E-state index contributed by atoms with van der Waals surface area (Å²) >= 11 is -4.51. The SMILES string of the molecule is [OH+]=c1cccccc1[O][Sn]([O]c1cccccc1=[OH+])([c]1ccccc1)[c]1ccccc1. The summed E-state index contributed by atoms with van der Waals surface area (Å²) in [5.41, 5.74) is 0.0359. The first-order valence-electron chi connectivity index (χ1n) is 9.91. The molecular formula is C26H22O4Sn+2. The van der Waals surface area contributed by atoms with Gasteiger partial charge in [-0.05, 0) is 0 Å². The Morgan fingerprint density at radius 3 is 1.13 bits per heavy atom. The second kappa shape index (κ2) is 9.62. The molecule has 4 aromatic carbocycles. The van der Waals surface area contributed by atoms with Crippen molar-refractivity contribution in [3.8, 4) is 11.5 Å². The molecule has 0 bridgehead atoms. The zero-order valence-corrected chi connectivity index (χ0v) is 19.6. The second-order valence-corrected chi connectivity index (χ2v) is 14.9. The Kier molecular flexibility index (Phi) is 6.48. The van der Waals surface area contributed by atoms with Crippen LogP contribution < -0.4 is 24.2 Å². The fraction of sp³-hybridized carbons (Fsp3) is 0. The summed E-state index contributed by atoms with van der Waals surface area (Å²) in [4.78, 5) is 21.2. The van der Waals surface area contributed by atoms with Crippen LogP contribution in [0.1, 0.15) is 0 Å². The third-order valence-electron chi connectivity index (χ3n) is 4.77. The van der Waals surface area contributed by atoms with Gasteiger partial charge < -0.3 is 0 Å². The topological polar surface area (TPSA) is 61.3 Å². The first-order valence-corrected chi connectivity index (χ1v) is 15.1. The van der Waals surface area contributed by atoms with Crippen molar-refractivity contribution in [1.82, 2.24) is 0 Å². The van der Waals surface area contributed by atoms with Gasteiger partial charge in [0.15, 0.2) is 0 Å². The van der Waals surface area contributed by atoms with Gasteiger partial charge in [-0.2, -0.15) is 0 Å². The Morgan fingerprint density at radius 1 is 0.419 bits per heavy atom. The number of benzene rings is 2. The maximum absolute atomic E-state index is 10.6. The minimum atomic E-state index is -4.51. The molecule has 152 valence electrons. The first kappa shape index (κ1) is 20.9. The van der Waals surface area contributed by atoms with Crippen LogP contribution in [0.3, 0.4) is 0 Å². The van der Waals surface area contributed by atoms with Crippen molar-refractivity contribution in [2.45, 2.75) is 0 Å². The molecule has 0 aliphatic heterocycles. The summed E-state index contributed by atoms with van der Waals surface area (Å²) in [5.74, 6) is 0.654. The standard InChI is InChI=1S/2C7H6O2.2C6H5.Sn/c2*8-6-4-2-1-3-5-7(6)9;2*1-2-4-6-5-3-1;/h2*1-5H,(H,8,9);2*1-5H;/q;;;;+2. The maximum atomic E-state index is 10.6. The van der Waals surface area contributed by atoms with E-state index in [1.54, 1.807) is 36.4 Å². The van der Waals surface area contributed by atoms with Crippen molar-refractivity contribution in [1.29, 1.82) is 0 Å². The third kappa shape index (κ3) is 4.70. The molecule has 0 spiro atoms. The van der Waals surface area contributed by atoms with Gasteiger partial charge in [0.05, 0.1) is 0 Å². The van der Waals surface area contributed by atoms with Gasteiger partial charge in [-0.3, -0.25) is 0 Å². The number of rotatable bonds is 6. The van der Waals surface area contributed by atoms with E-state index >= 15 is 0 Å². The van der Waals surface area contributed by atoms with Crippen LogP contribution in [-0.2, 0) is 0 Å². The van der Waals surface area contributed by atoms with Crippen LogP contribution in [0.2, 0.25) is 0 Å². The van der Waals surface area contributed by atoms with Crippen LogP contribution in [0.5, 0.6) is 11.5 Å². The normalized spacial score (nSPS) is 10.8. The molecule has 5 heteroatoms. The van der Waals surface area contributed by atoms with Crippen LogP contribution in [0, 0.1) is 0 Å². The Labute approximate surface area is 185 Å². The monoisotopic (exact) mass is 518 g/mol. The van der Waals surface area contributed by atoms with Crippen molar-refractivity contribution in [2.24, 2.45) is 0 Å². The molecule has 0 fully saturated rings. The van der Waals surface area contributed by atoms with E-state index in [2.05, 4.69) is 0 Å². The molecule has 0 heterocycles. The Hall–Kier alpha value is -3.38. The van der Waals surface area contributed by atoms with E-state index in [0.29, 0.717) is 11.5 Å². The van der Waals surface area contributed by atoms with Crippen LogP contribution >= 0.6 is 0 Å². The summed E-state index contributed by atoms with van der Waals surface area (Å²) in [5, 5.41) is 0. The third-order valence-corrected chi connectivity index (χ3v) is 13.9. The predicted molar refractivity (Wildman–Crippen MR) is 122 cm³/mol. The van der Waals surface area contributed by atoms with Gasteiger partial charge in [-0.15, -0.1) is 0 Å². The average Bonchev–Trinajstić information content (AvgIpc) is 3.14. The second-order valence-electron chi connectivity index (χ2n) is 6.87. The van der Waals surface area contributed by atoms with E-state index in [-0.39, 0.29) is 10.9 Å². The fourth-order valence-electron chi connectivity index (χ4n) is 3.26.